The maximum atomic E-state index is 12.3. The summed E-state index contributed by atoms with van der Waals surface area (Å²) in [7, 11) is 0. The second-order valence-corrected chi connectivity index (χ2v) is 7.56. The minimum atomic E-state index is -0.215. The largest absolute Gasteiger partial charge is 0.348 e. The van der Waals surface area contributed by atoms with E-state index in [1.54, 1.807) is 18.7 Å². The molecular weight excluding hydrogens is 350 g/mol. The number of imidazole rings is 1. The first-order valence-corrected chi connectivity index (χ1v) is 10.1. The third-order valence-electron chi connectivity index (χ3n) is 4.79. The molecule has 148 valence electrons. The van der Waals surface area contributed by atoms with Crippen molar-refractivity contribution in [2.24, 2.45) is 0 Å². The zero-order valence-corrected chi connectivity index (χ0v) is 17.0. The Morgan fingerprint density at radius 2 is 1.82 bits per heavy atom. The fourth-order valence-corrected chi connectivity index (χ4v) is 3.33. The van der Waals surface area contributed by atoms with Gasteiger partial charge in [-0.3, -0.25) is 14.2 Å². The molecule has 0 spiro atoms. The van der Waals surface area contributed by atoms with Gasteiger partial charge in [0.05, 0.1) is 5.69 Å². The van der Waals surface area contributed by atoms with Gasteiger partial charge in [0, 0.05) is 29.7 Å². The molecule has 3 heterocycles. The van der Waals surface area contributed by atoms with E-state index in [-0.39, 0.29) is 11.9 Å². The molecule has 1 fully saturated rings. The standard InChI is InChI=1S/C16H17N5O.C6H12/c1-10(2)19-16(22)14-15-20-13(12-5-4-6-17-8-12)7-11(3)21(15)9-18-14;1-2-4-6-5-3-1/h4-10H,1-3H3,(H,19,22);1-6H2. The lowest BCUT2D eigenvalue weighted by Crippen LogP contribution is -2.30. The highest BCUT2D eigenvalue weighted by molar-refractivity contribution is 5.98. The van der Waals surface area contributed by atoms with Crippen LogP contribution in [0.25, 0.3) is 16.9 Å². The number of carbonyl (C=O) groups is 1. The van der Waals surface area contributed by atoms with Crippen molar-refractivity contribution in [3.63, 3.8) is 0 Å². The van der Waals surface area contributed by atoms with Gasteiger partial charge in [-0.25, -0.2) is 9.97 Å². The van der Waals surface area contributed by atoms with Crippen LogP contribution >= 0.6 is 0 Å². The summed E-state index contributed by atoms with van der Waals surface area (Å²) < 4.78 is 1.81. The second-order valence-electron chi connectivity index (χ2n) is 7.56. The van der Waals surface area contributed by atoms with Crippen LogP contribution in [-0.2, 0) is 0 Å². The molecule has 0 aromatic carbocycles. The highest BCUT2D eigenvalue weighted by atomic mass is 16.2. The molecule has 4 rings (SSSR count). The Balaban J connectivity index is 0.000000320. The predicted molar refractivity (Wildman–Crippen MR) is 111 cm³/mol. The monoisotopic (exact) mass is 379 g/mol. The molecular formula is C22H29N5O. The average Bonchev–Trinajstić information content (AvgIpc) is 3.15. The number of fused-ring (bicyclic) bond motifs is 1. The summed E-state index contributed by atoms with van der Waals surface area (Å²) >= 11 is 0. The van der Waals surface area contributed by atoms with E-state index in [2.05, 4.69) is 20.3 Å². The van der Waals surface area contributed by atoms with Crippen LogP contribution in [0.4, 0.5) is 0 Å². The molecule has 0 unspecified atom stereocenters. The molecule has 1 amide bonds. The van der Waals surface area contributed by atoms with Crippen LogP contribution in [0.2, 0.25) is 0 Å². The van der Waals surface area contributed by atoms with Gasteiger partial charge in [0.1, 0.15) is 6.33 Å². The lowest BCUT2D eigenvalue weighted by Gasteiger charge is -2.08. The zero-order chi connectivity index (χ0) is 19.9. The fraction of sp³-hybridized carbons (Fsp3) is 0.455. The number of amides is 1. The Morgan fingerprint density at radius 3 is 2.39 bits per heavy atom. The highest BCUT2D eigenvalue weighted by Crippen LogP contribution is 2.20. The lowest BCUT2D eigenvalue weighted by atomic mass is 10.0. The van der Waals surface area contributed by atoms with Gasteiger partial charge in [0.15, 0.2) is 11.3 Å². The Hall–Kier alpha value is -2.76. The van der Waals surface area contributed by atoms with E-state index >= 15 is 0 Å². The van der Waals surface area contributed by atoms with Crippen LogP contribution in [0.15, 0.2) is 36.9 Å². The van der Waals surface area contributed by atoms with Gasteiger partial charge in [-0.15, -0.1) is 0 Å². The van der Waals surface area contributed by atoms with Crippen molar-refractivity contribution >= 4 is 11.6 Å². The molecule has 6 heteroatoms. The summed E-state index contributed by atoms with van der Waals surface area (Å²) in [6, 6.07) is 5.80. The van der Waals surface area contributed by atoms with Crippen molar-refractivity contribution in [1.29, 1.82) is 0 Å². The fourth-order valence-electron chi connectivity index (χ4n) is 3.33. The topological polar surface area (TPSA) is 72.2 Å². The summed E-state index contributed by atoms with van der Waals surface area (Å²) in [4.78, 5) is 25.2. The number of hydrogen-bond donors (Lipinski definition) is 1. The van der Waals surface area contributed by atoms with Crippen LogP contribution < -0.4 is 5.32 Å². The molecule has 1 aliphatic carbocycles. The Kier molecular flexibility index (Phi) is 6.74. The van der Waals surface area contributed by atoms with Crippen LogP contribution in [-0.4, -0.2) is 31.3 Å². The summed E-state index contributed by atoms with van der Waals surface area (Å²) in [5.74, 6) is -0.215. The zero-order valence-electron chi connectivity index (χ0n) is 17.0. The maximum Gasteiger partial charge on any atom is 0.274 e. The first-order chi connectivity index (χ1) is 13.6. The van der Waals surface area contributed by atoms with Gasteiger partial charge in [-0.2, -0.15) is 0 Å². The lowest BCUT2D eigenvalue weighted by molar-refractivity contribution is 0.0940. The van der Waals surface area contributed by atoms with Crippen LogP contribution in [0.3, 0.4) is 0 Å². The SMILES string of the molecule is C1CCCCC1.Cc1cc(-c2cccnc2)nc2c(C(=O)NC(C)C)ncn12. The number of rotatable bonds is 3. The van der Waals surface area contributed by atoms with Crippen molar-refractivity contribution in [2.75, 3.05) is 0 Å². The molecule has 1 aliphatic rings. The third-order valence-corrected chi connectivity index (χ3v) is 4.79. The molecule has 1 N–H and O–H groups in total. The van der Waals surface area contributed by atoms with Crippen molar-refractivity contribution in [1.82, 2.24) is 24.7 Å². The molecule has 6 nitrogen and oxygen atoms in total. The summed E-state index contributed by atoms with van der Waals surface area (Å²) in [6.07, 6.45) is 14.1. The molecule has 28 heavy (non-hydrogen) atoms. The van der Waals surface area contributed by atoms with Crippen LogP contribution in [0.1, 0.15) is 68.6 Å². The van der Waals surface area contributed by atoms with Gasteiger partial charge in [-0.05, 0) is 39.0 Å². The first-order valence-electron chi connectivity index (χ1n) is 10.1. The number of nitrogens with one attached hydrogen (secondary N) is 1. The van der Waals surface area contributed by atoms with Gasteiger partial charge < -0.3 is 5.32 Å². The summed E-state index contributed by atoms with van der Waals surface area (Å²) in [6.45, 7) is 5.78. The number of pyridine rings is 1. The van der Waals surface area contributed by atoms with Crippen molar-refractivity contribution in [3.05, 3.63) is 48.3 Å². The maximum absolute atomic E-state index is 12.3. The van der Waals surface area contributed by atoms with E-state index in [0.29, 0.717) is 11.3 Å². The van der Waals surface area contributed by atoms with Gasteiger partial charge in [0.2, 0.25) is 0 Å². The Labute approximate surface area is 166 Å². The van der Waals surface area contributed by atoms with E-state index in [9.17, 15) is 4.79 Å². The highest BCUT2D eigenvalue weighted by Gasteiger charge is 2.17. The van der Waals surface area contributed by atoms with Crippen molar-refractivity contribution in [2.45, 2.75) is 65.3 Å². The van der Waals surface area contributed by atoms with E-state index in [1.165, 1.54) is 38.5 Å². The number of aryl methyl sites for hydroxylation is 1. The molecule has 0 saturated heterocycles. The Morgan fingerprint density at radius 1 is 1.14 bits per heavy atom. The van der Waals surface area contributed by atoms with Gasteiger partial charge >= 0.3 is 0 Å². The minimum absolute atomic E-state index is 0.0480. The van der Waals surface area contributed by atoms with Crippen molar-refractivity contribution in [3.8, 4) is 11.3 Å². The Bertz CT molecular complexity index is 902. The normalized spacial score (nSPS) is 13.9. The molecule has 3 aromatic heterocycles. The molecule has 0 aliphatic heterocycles. The molecule has 0 radical (unpaired) electrons. The number of nitrogens with zero attached hydrogens (tertiary/aromatic N) is 4. The van der Waals surface area contributed by atoms with E-state index in [1.807, 2.05) is 43.4 Å². The first kappa shape index (κ1) is 20.0. The molecule has 0 atom stereocenters. The number of carbonyl (C=O) groups excluding carboxylic acids is 1. The van der Waals surface area contributed by atoms with E-state index < -0.39 is 0 Å². The molecule has 1 saturated carbocycles. The third kappa shape index (κ3) is 4.94. The van der Waals surface area contributed by atoms with E-state index in [0.717, 1.165) is 17.0 Å². The predicted octanol–water partition coefficient (Wildman–Crippen LogP) is 4.58. The molecule has 3 aromatic rings. The summed E-state index contributed by atoms with van der Waals surface area (Å²) in [5, 5.41) is 2.85. The van der Waals surface area contributed by atoms with Crippen LogP contribution in [0, 0.1) is 6.92 Å². The van der Waals surface area contributed by atoms with Crippen molar-refractivity contribution < 1.29 is 4.79 Å². The average molecular weight is 380 g/mol. The molecule has 0 bridgehead atoms. The van der Waals surface area contributed by atoms with Gasteiger partial charge in [0.25, 0.3) is 5.91 Å². The minimum Gasteiger partial charge on any atom is -0.348 e. The van der Waals surface area contributed by atoms with Crippen LogP contribution in [0.5, 0.6) is 0 Å². The quantitative estimate of drug-likeness (QED) is 0.723. The van der Waals surface area contributed by atoms with Gasteiger partial charge in [-0.1, -0.05) is 38.5 Å². The smallest absolute Gasteiger partial charge is 0.274 e. The second kappa shape index (κ2) is 9.44. The van der Waals surface area contributed by atoms with E-state index in [4.69, 9.17) is 0 Å². The summed E-state index contributed by atoms with van der Waals surface area (Å²) in [5.41, 5.74) is 3.53. The number of aromatic nitrogens is 4. The number of hydrogen-bond acceptors (Lipinski definition) is 4.